The molecule has 3 aromatic carbocycles. The van der Waals surface area contributed by atoms with Gasteiger partial charge < -0.3 is 15.4 Å². The van der Waals surface area contributed by atoms with Crippen molar-refractivity contribution in [2.75, 3.05) is 6.54 Å². The van der Waals surface area contributed by atoms with Crippen molar-refractivity contribution in [3.63, 3.8) is 0 Å². The van der Waals surface area contributed by atoms with Gasteiger partial charge in [-0.25, -0.2) is 0 Å². The van der Waals surface area contributed by atoms with Gasteiger partial charge in [-0.1, -0.05) is 72.3 Å². The number of hydrogen-bond acceptors (Lipinski definition) is 3. The maximum atomic E-state index is 13.6. The molecule has 5 nitrogen and oxygen atoms in total. The largest absolute Gasteiger partial charge is 0.481 e. The highest BCUT2D eigenvalue weighted by molar-refractivity contribution is 6.10. The lowest BCUT2D eigenvalue weighted by atomic mass is 9.96. The van der Waals surface area contributed by atoms with Crippen molar-refractivity contribution in [2.45, 2.75) is 25.8 Å². The second kappa shape index (κ2) is 9.62. The van der Waals surface area contributed by atoms with Crippen molar-refractivity contribution in [2.24, 2.45) is 0 Å². The third-order valence-corrected chi connectivity index (χ3v) is 5.64. The lowest BCUT2D eigenvalue weighted by molar-refractivity contribution is -0.136. The number of rotatable bonds is 9. The molecule has 162 valence electrons. The molecule has 0 amide bonds. The summed E-state index contributed by atoms with van der Waals surface area (Å²) in [5.74, 6) is -0.897. The first-order valence-electron chi connectivity index (χ1n) is 10.7. The normalized spacial score (nSPS) is 12.0. The maximum absolute atomic E-state index is 13.6. The highest BCUT2D eigenvalue weighted by atomic mass is 16.4. The summed E-state index contributed by atoms with van der Waals surface area (Å²) in [7, 11) is 0. The van der Waals surface area contributed by atoms with Crippen LogP contribution in [0.3, 0.4) is 0 Å². The van der Waals surface area contributed by atoms with E-state index in [2.05, 4.69) is 41.5 Å². The summed E-state index contributed by atoms with van der Waals surface area (Å²) in [6.45, 7) is 2.73. The Balaban J connectivity index is 1.57. The number of aromatic amines is 1. The highest BCUT2D eigenvalue weighted by Crippen LogP contribution is 2.26. The van der Waals surface area contributed by atoms with Crippen LogP contribution in [0, 0.1) is 6.92 Å². The lowest BCUT2D eigenvalue weighted by Gasteiger charge is -2.18. The van der Waals surface area contributed by atoms with Crippen LogP contribution in [0.15, 0.2) is 79.0 Å². The van der Waals surface area contributed by atoms with Crippen LogP contribution >= 0.6 is 0 Å². The Kier molecular flexibility index (Phi) is 6.47. The molecule has 0 unspecified atom stereocenters. The third-order valence-electron chi connectivity index (χ3n) is 5.64. The number of fused-ring (bicyclic) bond motifs is 1. The smallest absolute Gasteiger partial charge is 0.307 e. The van der Waals surface area contributed by atoms with Gasteiger partial charge in [-0.05, 0) is 36.1 Å². The van der Waals surface area contributed by atoms with Crippen molar-refractivity contribution in [1.82, 2.24) is 10.3 Å². The maximum Gasteiger partial charge on any atom is 0.307 e. The number of H-pyrrole nitrogens is 1. The molecule has 1 heterocycles. The van der Waals surface area contributed by atoms with Gasteiger partial charge in [-0.3, -0.25) is 9.59 Å². The molecule has 0 aliphatic carbocycles. The SMILES string of the molecule is Cc1ccc(CCN[C@H](C(=O)c2c[nH]c3cc(CC(=O)O)ccc23)c2ccccc2)cc1. The van der Waals surface area contributed by atoms with E-state index in [4.69, 9.17) is 5.11 Å². The number of aryl methyl sites for hydroxylation is 1. The molecule has 0 spiro atoms. The summed E-state index contributed by atoms with van der Waals surface area (Å²) in [6, 6.07) is 23.1. The van der Waals surface area contributed by atoms with Gasteiger partial charge in [0.05, 0.1) is 12.5 Å². The number of benzene rings is 3. The Hall–Kier alpha value is -3.70. The van der Waals surface area contributed by atoms with Crippen LogP contribution in [-0.2, 0) is 17.6 Å². The van der Waals surface area contributed by atoms with Gasteiger partial charge in [0.2, 0.25) is 0 Å². The van der Waals surface area contributed by atoms with Crippen molar-refractivity contribution in [1.29, 1.82) is 0 Å². The first-order chi connectivity index (χ1) is 15.5. The number of carboxylic acid groups (broad SMARTS) is 1. The number of Topliss-reactive ketones (excluding diaryl/α,β-unsaturated/α-hetero) is 1. The molecule has 0 bridgehead atoms. The quantitative estimate of drug-likeness (QED) is 0.334. The highest BCUT2D eigenvalue weighted by Gasteiger charge is 2.24. The van der Waals surface area contributed by atoms with Crippen molar-refractivity contribution in [3.8, 4) is 0 Å². The molecule has 0 aliphatic rings. The van der Waals surface area contributed by atoms with E-state index in [1.165, 1.54) is 11.1 Å². The van der Waals surface area contributed by atoms with Gasteiger partial charge in [0.15, 0.2) is 5.78 Å². The lowest BCUT2D eigenvalue weighted by Crippen LogP contribution is -2.30. The number of carboxylic acids is 1. The van der Waals surface area contributed by atoms with E-state index in [0.717, 1.165) is 22.9 Å². The van der Waals surface area contributed by atoms with E-state index in [1.54, 1.807) is 18.3 Å². The number of carbonyl (C=O) groups excluding carboxylic acids is 1. The van der Waals surface area contributed by atoms with E-state index in [1.807, 2.05) is 36.4 Å². The van der Waals surface area contributed by atoms with Crippen molar-refractivity contribution in [3.05, 3.63) is 107 Å². The van der Waals surface area contributed by atoms with Gasteiger partial charge >= 0.3 is 5.97 Å². The zero-order valence-corrected chi connectivity index (χ0v) is 18.0. The predicted octanol–water partition coefficient (Wildman–Crippen LogP) is 4.86. The molecular weight excluding hydrogens is 400 g/mol. The minimum atomic E-state index is -0.880. The van der Waals surface area contributed by atoms with E-state index in [0.29, 0.717) is 17.7 Å². The molecule has 4 aromatic rings. The van der Waals surface area contributed by atoms with Gasteiger partial charge in [0, 0.05) is 29.2 Å². The van der Waals surface area contributed by atoms with Crippen LogP contribution in [-0.4, -0.2) is 28.4 Å². The molecular formula is C27H26N2O3. The average Bonchev–Trinajstić information content (AvgIpc) is 3.21. The Morgan fingerprint density at radius 1 is 0.969 bits per heavy atom. The molecule has 0 saturated heterocycles. The third kappa shape index (κ3) is 4.95. The van der Waals surface area contributed by atoms with Crippen LogP contribution < -0.4 is 5.32 Å². The molecule has 0 fully saturated rings. The Labute approximate surface area is 187 Å². The molecule has 32 heavy (non-hydrogen) atoms. The van der Waals surface area contributed by atoms with E-state index >= 15 is 0 Å². The summed E-state index contributed by atoms with van der Waals surface area (Å²) in [4.78, 5) is 27.7. The number of hydrogen-bond donors (Lipinski definition) is 3. The number of ketones is 1. The van der Waals surface area contributed by atoms with Crippen LogP contribution in [0.25, 0.3) is 10.9 Å². The van der Waals surface area contributed by atoms with Crippen LogP contribution in [0.4, 0.5) is 0 Å². The fraction of sp³-hybridized carbons (Fsp3) is 0.185. The van der Waals surface area contributed by atoms with Gasteiger partial charge in [-0.15, -0.1) is 0 Å². The second-order valence-corrected chi connectivity index (χ2v) is 8.05. The van der Waals surface area contributed by atoms with E-state index in [9.17, 15) is 9.59 Å². The summed E-state index contributed by atoms with van der Waals surface area (Å²) in [5, 5.41) is 13.3. The van der Waals surface area contributed by atoms with Gasteiger partial charge in [-0.2, -0.15) is 0 Å². The van der Waals surface area contributed by atoms with Crippen LogP contribution in [0.5, 0.6) is 0 Å². The number of nitrogens with one attached hydrogen (secondary N) is 2. The van der Waals surface area contributed by atoms with Crippen LogP contribution in [0.2, 0.25) is 0 Å². The summed E-state index contributed by atoms with van der Waals surface area (Å²) >= 11 is 0. The molecule has 4 rings (SSSR count). The fourth-order valence-electron chi connectivity index (χ4n) is 3.94. The summed E-state index contributed by atoms with van der Waals surface area (Å²) in [5.41, 5.74) is 5.42. The second-order valence-electron chi connectivity index (χ2n) is 8.05. The Bertz CT molecular complexity index is 1230. The molecule has 1 atom stereocenters. The Morgan fingerprint density at radius 2 is 1.69 bits per heavy atom. The number of aromatic nitrogens is 1. The fourth-order valence-corrected chi connectivity index (χ4v) is 3.94. The number of aliphatic carboxylic acids is 1. The topological polar surface area (TPSA) is 82.2 Å². The molecule has 3 N–H and O–H groups in total. The molecule has 1 aromatic heterocycles. The number of carbonyl (C=O) groups is 2. The van der Waals surface area contributed by atoms with E-state index in [-0.39, 0.29) is 12.2 Å². The monoisotopic (exact) mass is 426 g/mol. The summed E-state index contributed by atoms with van der Waals surface area (Å²) < 4.78 is 0. The molecule has 0 radical (unpaired) electrons. The first-order valence-corrected chi connectivity index (χ1v) is 10.7. The molecule has 5 heteroatoms. The van der Waals surface area contributed by atoms with Gasteiger partial charge in [0.25, 0.3) is 0 Å². The average molecular weight is 427 g/mol. The minimum absolute atomic E-state index is 0.0164. The Morgan fingerprint density at radius 3 is 2.41 bits per heavy atom. The molecule has 0 aliphatic heterocycles. The van der Waals surface area contributed by atoms with Gasteiger partial charge in [0.1, 0.15) is 0 Å². The van der Waals surface area contributed by atoms with Crippen LogP contribution in [0.1, 0.15) is 38.7 Å². The summed E-state index contributed by atoms with van der Waals surface area (Å²) in [6.07, 6.45) is 2.49. The minimum Gasteiger partial charge on any atom is -0.481 e. The standard InChI is InChI=1S/C27H26N2O3/c1-18-7-9-19(10-8-18)13-14-28-26(21-5-3-2-4-6-21)27(32)23-17-29-24-15-20(16-25(30)31)11-12-22(23)24/h2-12,15,17,26,28-29H,13-14,16H2,1H3,(H,30,31)/t26-/m0/s1. The first kappa shape index (κ1) is 21.5. The van der Waals surface area contributed by atoms with Crippen molar-refractivity contribution >= 4 is 22.7 Å². The molecule has 0 saturated carbocycles. The van der Waals surface area contributed by atoms with E-state index < -0.39 is 12.0 Å². The zero-order valence-electron chi connectivity index (χ0n) is 18.0. The predicted molar refractivity (Wildman–Crippen MR) is 126 cm³/mol. The van der Waals surface area contributed by atoms with Crippen molar-refractivity contribution < 1.29 is 14.7 Å². The zero-order chi connectivity index (χ0) is 22.5.